The molecule has 0 saturated carbocycles. The third-order valence-electron chi connectivity index (χ3n) is 4.26. The maximum absolute atomic E-state index is 12.8. The van der Waals surface area contributed by atoms with Crippen LogP contribution in [0.25, 0.3) is 16.9 Å². The molecule has 3 aromatic rings. The second kappa shape index (κ2) is 8.33. The van der Waals surface area contributed by atoms with E-state index in [4.69, 9.17) is 10.00 Å². The number of nitrogens with one attached hydrogen (secondary N) is 2. The van der Waals surface area contributed by atoms with Crippen molar-refractivity contribution in [1.82, 2.24) is 20.1 Å². The number of methoxy groups -OCH3 is 1. The summed E-state index contributed by atoms with van der Waals surface area (Å²) in [5, 5.41) is 14.5. The zero-order chi connectivity index (χ0) is 20.1. The van der Waals surface area contributed by atoms with E-state index in [0.29, 0.717) is 46.8 Å². The van der Waals surface area contributed by atoms with Crippen molar-refractivity contribution >= 4 is 5.91 Å². The number of aryl methyl sites for hydroxylation is 1. The minimum Gasteiger partial charge on any atom is -0.383 e. The van der Waals surface area contributed by atoms with E-state index in [9.17, 15) is 9.59 Å². The lowest BCUT2D eigenvalue weighted by Crippen LogP contribution is -2.28. The standard InChI is InChI=1S/C20H19N5O3/c1-13-9-18(23-11-16(13)19(26)22-7-8-28-2)25-20(27)17(12-24-25)15-5-3-14(10-21)4-6-15/h3-6,9,11-12,24H,7-8H2,1-2H3,(H,22,26). The average molecular weight is 377 g/mol. The normalized spacial score (nSPS) is 10.5. The number of aromatic nitrogens is 3. The molecule has 0 fully saturated rings. The monoisotopic (exact) mass is 377 g/mol. The second-order valence-electron chi connectivity index (χ2n) is 6.12. The Kier molecular flexibility index (Phi) is 5.67. The molecule has 3 rings (SSSR count). The van der Waals surface area contributed by atoms with Gasteiger partial charge in [-0.1, -0.05) is 12.1 Å². The molecule has 0 unspecified atom stereocenters. The van der Waals surface area contributed by atoms with Gasteiger partial charge in [-0.3, -0.25) is 14.7 Å². The SMILES string of the molecule is COCCNC(=O)c1cnc(-n2[nH]cc(-c3ccc(C#N)cc3)c2=O)cc1C. The summed E-state index contributed by atoms with van der Waals surface area (Å²) in [6.45, 7) is 2.61. The Bertz CT molecular complexity index is 1090. The predicted molar refractivity (Wildman–Crippen MR) is 103 cm³/mol. The number of nitriles is 1. The van der Waals surface area contributed by atoms with E-state index in [-0.39, 0.29) is 11.5 Å². The van der Waals surface area contributed by atoms with Crippen LogP contribution in [0.15, 0.2) is 47.5 Å². The van der Waals surface area contributed by atoms with Gasteiger partial charge in [0.2, 0.25) is 0 Å². The molecule has 28 heavy (non-hydrogen) atoms. The molecule has 2 N–H and O–H groups in total. The molecule has 0 saturated heterocycles. The molecular formula is C20H19N5O3. The molecule has 0 aliphatic carbocycles. The Balaban J connectivity index is 1.87. The van der Waals surface area contributed by atoms with Gasteiger partial charge in [-0.2, -0.15) is 5.26 Å². The highest BCUT2D eigenvalue weighted by molar-refractivity contribution is 5.95. The van der Waals surface area contributed by atoms with Crippen molar-refractivity contribution in [2.45, 2.75) is 6.92 Å². The number of hydrogen-bond acceptors (Lipinski definition) is 5. The van der Waals surface area contributed by atoms with E-state index >= 15 is 0 Å². The summed E-state index contributed by atoms with van der Waals surface area (Å²) in [7, 11) is 1.56. The lowest BCUT2D eigenvalue weighted by atomic mass is 10.1. The molecule has 0 aliphatic rings. The molecule has 8 nitrogen and oxygen atoms in total. The van der Waals surface area contributed by atoms with Crippen LogP contribution < -0.4 is 10.9 Å². The number of amides is 1. The molecule has 0 atom stereocenters. The maximum Gasteiger partial charge on any atom is 0.280 e. The Morgan fingerprint density at radius 2 is 2.11 bits per heavy atom. The summed E-state index contributed by atoms with van der Waals surface area (Å²) in [6, 6.07) is 10.5. The highest BCUT2D eigenvalue weighted by atomic mass is 16.5. The van der Waals surface area contributed by atoms with E-state index in [2.05, 4.69) is 15.4 Å². The number of benzene rings is 1. The molecule has 0 radical (unpaired) electrons. The minimum absolute atomic E-state index is 0.245. The average Bonchev–Trinajstić information content (AvgIpc) is 3.09. The number of carbonyl (C=O) groups excluding carboxylic acids is 1. The number of nitrogens with zero attached hydrogens (tertiary/aromatic N) is 3. The predicted octanol–water partition coefficient (Wildman–Crippen LogP) is 1.78. The van der Waals surface area contributed by atoms with E-state index in [1.54, 1.807) is 50.6 Å². The van der Waals surface area contributed by atoms with Gasteiger partial charge in [0.05, 0.1) is 29.4 Å². The Morgan fingerprint density at radius 3 is 2.75 bits per heavy atom. The Hall–Kier alpha value is -3.70. The number of carbonyl (C=O) groups is 1. The van der Waals surface area contributed by atoms with Gasteiger partial charge in [0.1, 0.15) is 0 Å². The van der Waals surface area contributed by atoms with E-state index in [1.165, 1.54) is 10.9 Å². The van der Waals surface area contributed by atoms with Crippen molar-refractivity contribution in [1.29, 1.82) is 5.26 Å². The lowest BCUT2D eigenvalue weighted by molar-refractivity contribution is 0.0936. The summed E-state index contributed by atoms with van der Waals surface area (Å²) in [5.41, 5.74) is 2.55. The van der Waals surface area contributed by atoms with Crippen LogP contribution in [0.3, 0.4) is 0 Å². The third-order valence-corrected chi connectivity index (χ3v) is 4.26. The summed E-state index contributed by atoms with van der Waals surface area (Å²) < 4.78 is 6.22. The molecule has 0 aliphatic heterocycles. The molecular weight excluding hydrogens is 358 g/mol. The number of pyridine rings is 1. The van der Waals surface area contributed by atoms with Crippen LogP contribution in [0.1, 0.15) is 21.5 Å². The first-order chi connectivity index (χ1) is 13.5. The van der Waals surface area contributed by atoms with Crippen molar-refractivity contribution in [3.8, 4) is 23.0 Å². The first-order valence-electron chi connectivity index (χ1n) is 8.60. The molecule has 2 heterocycles. The molecule has 1 aromatic carbocycles. The van der Waals surface area contributed by atoms with Gasteiger partial charge in [-0.25, -0.2) is 9.67 Å². The van der Waals surface area contributed by atoms with Crippen molar-refractivity contribution in [3.05, 3.63) is 69.8 Å². The lowest BCUT2D eigenvalue weighted by Gasteiger charge is -2.08. The van der Waals surface area contributed by atoms with Gasteiger partial charge in [0.25, 0.3) is 11.5 Å². The van der Waals surface area contributed by atoms with E-state index in [0.717, 1.165) is 0 Å². The highest BCUT2D eigenvalue weighted by Crippen LogP contribution is 2.17. The fourth-order valence-electron chi connectivity index (χ4n) is 2.73. The highest BCUT2D eigenvalue weighted by Gasteiger charge is 2.14. The topological polar surface area (TPSA) is 113 Å². The number of H-pyrrole nitrogens is 1. The van der Waals surface area contributed by atoms with Crippen LogP contribution >= 0.6 is 0 Å². The molecule has 0 spiro atoms. The van der Waals surface area contributed by atoms with Crippen molar-refractivity contribution in [3.63, 3.8) is 0 Å². The van der Waals surface area contributed by atoms with Gasteiger partial charge in [0.15, 0.2) is 5.82 Å². The van der Waals surface area contributed by atoms with E-state index < -0.39 is 0 Å². The van der Waals surface area contributed by atoms with Crippen LogP contribution in [0, 0.1) is 18.3 Å². The maximum atomic E-state index is 12.8. The van der Waals surface area contributed by atoms with Gasteiger partial charge in [-0.15, -0.1) is 0 Å². The molecule has 0 bridgehead atoms. The van der Waals surface area contributed by atoms with Crippen molar-refractivity contribution < 1.29 is 9.53 Å². The molecule has 2 aromatic heterocycles. The number of ether oxygens (including phenoxy) is 1. The Labute approximate surface area is 161 Å². The fraction of sp³-hybridized carbons (Fsp3) is 0.200. The zero-order valence-electron chi connectivity index (χ0n) is 15.5. The van der Waals surface area contributed by atoms with Crippen LogP contribution in [0.4, 0.5) is 0 Å². The molecule has 1 amide bonds. The van der Waals surface area contributed by atoms with Crippen molar-refractivity contribution in [2.75, 3.05) is 20.3 Å². The fourth-order valence-corrected chi connectivity index (χ4v) is 2.73. The first-order valence-corrected chi connectivity index (χ1v) is 8.60. The Morgan fingerprint density at radius 1 is 1.36 bits per heavy atom. The third kappa shape index (κ3) is 3.84. The first kappa shape index (κ1) is 19.1. The summed E-state index contributed by atoms with van der Waals surface area (Å²) in [4.78, 5) is 29.2. The van der Waals surface area contributed by atoms with Gasteiger partial charge in [-0.05, 0) is 36.2 Å². The van der Waals surface area contributed by atoms with Crippen LogP contribution in [-0.2, 0) is 4.74 Å². The van der Waals surface area contributed by atoms with Crippen molar-refractivity contribution in [2.24, 2.45) is 0 Å². The minimum atomic E-state index is -0.270. The second-order valence-corrected chi connectivity index (χ2v) is 6.12. The molecule has 8 heteroatoms. The quantitative estimate of drug-likeness (QED) is 0.636. The molecule has 142 valence electrons. The largest absolute Gasteiger partial charge is 0.383 e. The van der Waals surface area contributed by atoms with Gasteiger partial charge in [0, 0.05) is 26.0 Å². The summed E-state index contributed by atoms with van der Waals surface area (Å²) >= 11 is 0. The number of rotatable bonds is 6. The van der Waals surface area contributed by atoms with E-state index in [1.807, 2.05) is 6.07 Å². The zero-order valence-corrected chi connectivity index (χ0v) is 15.5. The number of aromatic amines is 1. The van der Waals surface area contributed by atoms with Crippen LogP contribution in [0.2, 0.25) is 0 Å². The van der Waals surface area contributed by atoms with Gasteiger partial charge < -0.3 is 10.1 Å². The summed E-state index contributed by atoms with van der Waals surface area (Å²) in [5.74, 6) is 0.140. The van der Waals surface area contributed by atoms with Crippen LogP contribution in [-0.4, -0.2) is 40.9 Å². The smallest absolute Gasteiger partial charge is 0.280 e. The van der Waals surface area contributed by atoms with Gasteiger partial charge >= 0.3 is 0 Å². The summed E-state index contributed by atoms with van der Waals surface area (Å²) in [6.07, 6.45) is 3.04. The van der Waals surface area contributed by atoms with Crippen LogP contribution in [0.5, 0.6) is 0 Å². The number of hydrogen-bond donors (Lipinski definition) is 2.